The van der Waals surface area contributed by atoms with Crippen LogP contribution in [0.3, 0.4) is 0 Å². The van der Waals surface area contributed by atoms with Crippen LogP contribution in [0.5, 0.6) is 5.75 Å². The number of rotatable bonds is 7. The van der Waals surface area contributed by atoms with E-state index >= 15 is 0 Å². The number of aliphatic hydroxyl groups is 1. The molecule has 0 radical (unpaired) electrons. The lowest BCUT2D eigenvalue weighted by Gasteiger charge is -2.06. The number of aliphatic hydroxyl groups excluding tert-OH is 1. The first-order valence-electron chi connectivity index (χ1n) is 6.97. The Morgan fingerprint density at radius 1 is 1.30 bits per heavy atom. The van der Waals surface area contributed by atoms with E-state index in [2.05, 4.69) is 10.1 Å². The van der Waals surface area contributed by atoms with Crippen LogP contribution in [0.15, 0.2) is 28.8 Å². The highest BCUT2D eigenvalue weighted by atomic mass is 16.5. The Balaban J connectivity index is 2.16. The van der Waals surface area contributed by atoms with Crippen LogP contribution in [-0.2, 0) is 6.42 Å². The third-order valence-corrected chi connectivity index (χ3v) is 2.93. The highest BCUT2D eigenvalue weighted by molar-refractivity contribution is 5.63. The van der Waals surface area contributed by atoms with E-state index in [0.29, 0.717) is 24.7 Å². The second-order valence-electron chi connectivity index (χ2n) is 4.59. The Labute approximate surface area is 118 Å². The van der Waals surface area contributed by atoms with Crippen molar-refractivity contribution in [2.75, 3.05) is 6.61 Å². The molecule has 1 N–H and O–H groups in total. The van der Waals surface area contributed by atoms with Gasteiger partial charge in [-0.3, -0.25) is 0 Å². The van der Waals surface area contributed by atoms with Gasteiger partial charge < -0.3 is 14.4 Å². The first-order valence-corrected chi connectivity index (χ1v) is 6.97. The maximum absolute atomic E-state index is 9.77. The van der Waals surface area contributed by atoms with Crippen LogP contribution < -0.4 is 4.74 Å². The first-order chi connectivity index (χ1) is 9.74. The zero-order valence-corrected chi connectivity index (χ0v) is 11.9. The number of aromatic nitrogens is 2. The summed E-state index contributed by atoms with van der Waals surface area (Å²) in [5.41, 5.74) is 0.800. The maximum Gasteiger partial charge on any atom is 0.229 e. The normalized spacial score (nSPS) is 12.3. The fourth-order valence-electron chi connectivity index (χ4n) is 2.02. The molecule has 5 nitrogen and oxygen atoms in total. The summed E-state index contributed by atoms with van der Waals surface area (Å²) in [6.45, 7) is 4.54. The largest absolute Gasteiger partial charge is 0.493 e. The van der Waals surface area contributed by atoms with Crippen molar-refractivity contribution in [2.24, 2.45) is 0 Å². The SMILES string of the molecule is CCCC(O)Cc1nc(-c2ccccc2OCC)no1. The second kappa shape index (κ2) is 7.05. The zero-order valence-electron chi connectivity index (χ0n) is 11.9. The number of ether oxygens (including phenoxy) is 1. The monoisotopic (exact) mass is 276 g/mol. The summed E-state index contributed by atoms with van der Waals surface area (Å²) in [6.07, 6.45) is 1.61. The molecule has 1 unspecified atom stereocenters. The van der Waals surface area contributed by atoms with Crippen molar-refractivity contribution in [1.82, 2.24) is 10.1 Å². The second-order valence-corrected chi connectivity index (χ2v) is 4.59. The molecule has 20 heavy (non-hydrogen) atoms. The van der Waals surface area contributed by atoms with E-state index in [1.165, 1.54) is 0 Å². The van der Waals surface area contributed by atoms with Crippen LogP contribution >= 0.6 is 0 Å². The van der Waals surface area contributed by atoms with Gasteiger partial charge in [-0.1, -0.05) is 30.6 Å². The molecule has 0 fully saturated rings. The van der Waals surface area contributed by atoms with Crippen molar-refractivity contribution in [3.8, 4) is 17.1 Å². The topological polar surface area (TPSA) is 68.4 Å². The van der Waals surface area contributed by atoms with E-state index in [-0.39, 0.29) is 0 Å². The highest BCUT2D eigenvalue weighted by Crippen LogP contribution is 2.27. The summed E-state index contributed by atoms with van der Waals surface area (Å²) in [5.74, 6) is 1.68. The summed E-state index contributed by atoms with van der Waals surface area (Å²) < 4.78 is 10.7. The first kappa shape index (κ1) is 14.5. The standard InChI is InChI=1S/C15H20N2O3/c1-3-7-11(18)10-14-16-15(17-20-14)12-8-5-6-9-13(12)19-4-2/h5-6,8-9,11,18H,3-4,7,10H2,1-2H3. The summed E-state index contributed by atoms with van der Waals surface area (Å²) in [5, 5.41) is 13.7. The molecule has 0 amide bonds. The number of para-hydroxylation sites is 1. The molecule has 0 saturated heterocycles. The Morgan fingerprint density at radius 2 is 2.10 bits per heavy atom. The fourth-order valence-corrected chi connectivity index (χ4v) is 2.02. The van der Waals surface area contributed by atoms with Gasteiger partial charge in [-0.25, -0.2) is 0 Å². The molecule has 1 aromatic carbocycles. The molecular weight excluding hydrogens is 256 g/mol. The fraction of sp³-hybridized carbons (Fsp3) is 0.467. The van der Waals surface area contributed by atoms with Crippen molar-refractivity contribution in [1.29, 1.82) is 0 Å². The molecule has 108 valence electrons. The molecule has 0 bridgehead atoms. The molecule has 0 aliphatic carbocycles. The predicted molar refractivity (Wildman–Crippen MR) is 75.5 cm³/mol. The van der Waals surface area contributed by atoms with Crippen LogP contribution in [-0.4, -0.2) is 28.0 Å². The van der Waals surface area contributed by atoms with Crippen molar-refractivity contribution in [3.05, 3.63) is 30.2 Å². The Kier molecular flexibility index (Phi) is 5.12. The Morgan fingerprint density at radius 3 is 2.85 bits per heavy atom. The van der Waals surface area contributed by atoms with E-state index in [4.69, 9.17) is 9.26 Å². The smallest absolute Gasteiger partial charge is 0.229 e. The third kappa shape index (κ3) is 3.57. The molecule has 1 atom stereocenters. The van der Waals surface area contributed by atoms with Gasteiger partial charge in [0.05, 0.1) is 24.7 Å². The van der Waals surface area contributed by atoms with Gasteiger partial charge in [0.15, 0.2) is 0 Å². The molecular formula is C15H20N2O3. The molecule has 0 saturated carbocycles. The zero-order chi connectivity index (χ0) is 14.4. The van der Waals surface area contributed by atoms with Gasteiger partial charge in [0.25, 0.3) is 0 Å². The van der Waals surface area contributed by atoms with E-state index in [0.717, 1.165) is 24.2 Å². The van der Waals surface area contributed by atoms with Crippen molar-refractivity contribution in [3.63, 3.8) is 0 Å². The van der Waals surface area contributed by atoms with Crippen LogP contribution in [0.2, 0.25) is 0 Å². The average Bonchev–Trinajstić information content (AvgIpc) is 2.88. The number of nitrogens with zero attached hydrogens (tertiary/aromatic N) is 2. The van der Waals surface area contributed by atoms with Gasteiger partial charge in [0.2, 0.25) is 11.7 Å². The minimum atomic E-state index is -0.435. The number of hydrogen-bond acceptors (Lipinski definition) is 5. The molecule has 0 aliphatic heterocycles. The van der Waals surface area contributed by atoms with E-state index in [1.54, 1.807) is 0 Å². The van der Waals surface area contributed by atoms with Crippen molar-refractivity contribution >= 4 is 0 Å². The summed E-state index contributed by atoms with van der Waals surface area (Å²) in [7, 11) is 0. The van der Waals surface area contributed by atoms with Crippen LogP contribution in [0.25, 0.3) is 11.4 Å². The predicted octanol–water partition coefficient (Wildman–Crippen LogP) is 2.84. The van der Waals surface area contributed by atoms with Gasteiger partial charge in [-0.2, -0.15) is 4.98 Å². The molecule has 1 aromatic heterocycles. The van der Waals surface area contributed by atoms with Crippen molar-refractivity contribution in [2.45, 2.75) is 39.2 Å². The van der Waals surface area contributed by atoms with Gasteiger partial charge in [0, 0.05) is 0 Å². The minimum Gasteiger partial charge on any atom is -0.493 e. The lowest BCUT2D eigenvalue weighted by atomic mass is 10.1. The summed E-state index contributed by atoms with van der Waals surface area (Å²) in [6, 6.07) is 7.57. The van der Waals surface area contributed by atoms with Gasteiger partial charge in [-0.05, 0) is 25.5 Å². The average molecular weight is 276 g/mol. The lowest BCUT2D eigenvalue weighted by molar-refractivity contribution is 0.152. The third-order valence-electron chi connectivity index (χ3n) is 2.93. The van der Waals surface area contributed by atoms with Crippen LogP contribution in [0.4, 0.5) is 0 Å². The van der Waals surface area contributed by atoms with Crippen molar-refractivity contribution < 1.29 is 14.4 Å². The Bertz CT molecular complexity index is 539. The lowest BCUT2D eigenvalue weighted by Crippen LogP contribution is -2.09. The molecule has 2 aromatic rings. The van der Waals surface area contributed by atoms with Gasteiger partial charge in [-0.15, -0.1) is 0 Å². The maximum atomic E-state index is 9.77. The van der Waals surface area contributed by atoms with Gasteiger partial charge >= 0.3 is 0 Å². The molecule has 0 spiro atoms. The molecule has 5 heteroatoms. The number of benzene rings is 1. The van der Waals surface area contributed by atoms with E-state index in [1.807, 2.05) is 38.1 Å². The van der Waals surface area contributed by atoms with Gasteiger partial charge in [0.1, 0.15) is 5.75 Å². The Hall–Kier alpha value is -1.88. The molecule has 1 heterocycles. The van der Waals surface area contributed by atoms with E-state index in [9.17, 15) is 5.11 Å². The quantitative estimate of drug-likeness (QED) is 0.842. The summed E-state index contributed by atoms with van der Waals surface area (Å²) >= 11 is 0. The van der Waals surface area contributed by atoms with Crippen LogP contribution in [0.1, 0.15) is 32.6 Å². The molecule has 2 rings (SSSR count). The van der Waals surface area contributed by atoms with Crippen LogP contribution in [0, 0.1) is 0 Å². The van der Waals surface area contributed by atoms with E-state index < -0.39 is 6.10 Å². The highest BCUT2D eigenvalue weighted by Gasteiger charge is 2.15. The number of hydrogen-bond donors (Lipinski definition) is 1. The molecule has 0 aliphatic rings. The minimum absolute atomic E-state index is 0.387. The summed E-state index contributed by atoms with van der Waals surface area (Å²) in [4.78, 5) is 4.33.